The number of hydrogen-bond donors (Lipinski definition) is 1. The summed E-state index contributed by atoms with van der Waals surface area (Å²) in [4.78, 5) is 14.1. The monoisotopic (exact) mass is 1120 g/mol. The van der Waals surface area contributed by atoms with E-state index in [9.17, 15) is 4.79 Å². The van der Waals surface area contributed by atoms with Gasteiger partial charge in [0.25, 0.3) is 0 Å². The number of carbonyl (C=O) groups is 1. The zero-order valence-electron chi connectivity index (χ0n) is 51.6. The zero-order valence-corrected chi connectivity index (χ0v) is 56.6. The molecule has 0 aromatic carbocycles. The van der Waals surface area contributed by atoms with Gasteiger partial charge in [0, 0.05) is 6.42 Å². The van der Waals surface area contributed by atoms with Crippen molar-refractivity contribution in [1.82, 2.24) is 5.32 Å². The molecule has 1 fully saturated rings. The Hall–Kier alpha value is 0.0144. The summed E-state index contributed by atoms with van der Waals surface area (Å²) >= 11 is 0. The van der Waals surface area contributed by atoms with Gasteiger partial charge in [-0.3, -0.25) is 4.79 Å². The van der Waals surface area contributed by atoms with E-state index < -0.39 is 72.2 Å². The van der Waals surface area contributed by atoms with Gasteiger partial charge in [-0.15, -0.1) is 0 Å². The largest absolute Gasteiger partial charge is 0.415 e. The molecule has 73 heavy (non-hydrogen) atoms. The maximum Gasteiger partial charge on any atom is 0.220 e. The maximum atomic E-state index is 14.1. The number of allylic oxidation sites excluding steroid dienone is 1. The van der Waals surface area contributed by atoms with E-state index in [4.69, 9.17) is 31.6 Å². The molecule has 0 spiro atoms. The Balaban J connectivity index is 3.24. The fourth-order valence-corrected chi connectivity index (χ4v) is 14.6. The topological polar surface area (TPSA) is 93.7 Å². The normalized spacial score (nSPS) is 20.3. The third-order valence-corrected chi connectivity index (χ3v) is 18.2. The molecule has 9 nitrogen and oxygen atoms in total. The zero-order chi connectivity index (χ0) is 54.8. The van der Waals surface area contributed by atoms with Crippen LogP contribution in [0.25, 0.3) is 0 Å². The van der Waals surface area contributed by atoms with Crippen molar-refractivity contribution >= 4 is 47.5 Å². The highest BCUT2D eigenvalue weighted by atomic mass is 28.4. The number of nitrogens with one attached hydrogen (secondary N) is 1. The van der Waals surface area contributed by atoms with Crippen LogP contribution in [0.15, 0.2) is 12.2 Å². The average molecular weight is 1120 g/mol. The molecule has 1 heterocycles. The highest BCUT2D eigenvalue weighted by Gasteiger charge is 2.52. The van der Waals surface area contributed by atoms with Crippen LogP contribution >= 0.6 is 0 Å². The third kappa shape index (κ3) is 40.8. The summed E-state index contributed by atoms with van der Waals surface area (Å²) in [6.07, 6.45) is 40.2. The van der Waals surface area contributed by atoms with Crippen molar-refractivity contribution in [3.63, 3.8) is 0 Å². The Labute approximate surface area is 459 Å². The molecule has 1 amide bonds. The van der Waals surface area contributed by atoms with E-state index >= 15 is 0 Å². The summed E-state index contributed by atoms with van der Waals surface area (Å²) in [6.45, 7) is 38.5. The summed E-state index contributed by atoms with van der Waals surface area (Å²) < 4.78 is 49.0. The van der Waals surface area contributed by atoms with Gasteiger partial charge in [0.15, 0.2) is 47.9 Å². The Bertz CT molecular complexity index is 1370. The van der Waals surface area contributed by atoms with Gasteiger partial charge >= 0.3 is 0 Å². The lowest BCUT2D eigenvalue weighted by molar-refractivity contribution is -0.292. The quantitative estimate of drug-likeness (QED) is 0.0366. The molecule has 0 radical (unpaired) electrons. The SMILES string of the molecule is CCCCCCCCCCCCC/C=C\[C@H](O[Si](C)(C)C)[C@@H](CO[C@@H]1O[C@H](CO[Si](C)(C)C)[C@@H](O[Si](C)(C)C)[C@H](O[Si](C)(C)C)[C@H]1O[Si](C)(C)C)NC(=O)CCCCCCCCCCCCCCCCCCC. The smallest absolute Gasteiger partial charge is 0.220 e. The minimum absolute atomic E-state index is 0.0573. The van der Waals surface area contributed by atoms with Crippen LogP contribution < -0.4 is 5.32 Å². The molecule has 0 aliphatic carbocycles. The molecule has 1 saturated heterocycles. The van der Waals surface area contributed by atoms with Crippen LogP contribution in [0.2, 0.25) is 98.2 Å². The van der Waals surface area contributed by atoms with E-state index in [0.717, 1.165) is 25.7 Å². The van der Waals surface area contributed by atoms with Gasteiger partial charge < -0.3 is 36.9 Å². The number of hydrogen-bond acceptors (Lipinski definition) is 8. The summed E-state index contributed by atoms with van der Waals surface area (Å²) in [6, 6.07) is -0.418. The van der Waals surface area contributed by atoms with E-state index in [1.54, 1.807) is 0 Å². The molecule has 0 aromatic rings. The first-order chi connectivity index (χ1) is 34.2. The molecule has 0 unspecified atom stereocenters. The number of amides is 1. The first-order valence-corrected chi connectivity index (χ1v) is 47.9. The van der Waals surface area contributed by atoms with E-state index in [2.05, 4.69) is 130 Å². The molecule has 1 aliphatic heterocycles. The van der Waals surface area contributed by atoms with Crippen LogP contribution in [0.5, 0.6) is 0 Å². The van der Waals surface area contributed by atoms with E-state index in [0.29, 0.717) is 13.0 Å². The molecule has 14 heteroatoms. The number of rotatable bonds is 47. The van der Waals surface area contributed by atoms with Gasteiger partial charge in [-0.2, -0.15) is 0 Å². The average Bonchev–Trinajstić information content (AvgIpc) is 3.26. The van der Waals surface area contributed by atoms with Crippen LogP contribution in [0, 0.1) is 0 Å². The first kappa shape index (κ1) is 71.0. The van der Waals surface area contributed by atoms with Gasteiger partial charge in [-0.25, -0.2) is 0 Å². The number of unbranched alkanes of at least 4 members (excludes halogenated alkanes) is 27. The lowest BCUT2D eigenvalue weighted by atomic mass is 9.99. The van der Waals surface area contributed by atoms with Crippen molar-refractivity contribution in [3.8, 4) is 0 Å². The fourth-order valence-electron chi connectivity index (χ4n) is 9.63. The van der Waals surface area contributed by atoms with Crippen molar-refractivity contribution in [1.29, 1.82) is 0 Å². The van der Waals surface area contributed by atoms with Gasteiger partial charge in [0.1, 0.15) is 24.4 Å². The predicted octanol–water partition coefficient (Wildman–Crippen LogP) is 18.2. The van der Waals surface area contributed by atoms with Gasteiger partial charge in [0.2, 0.25) is 5.91 Å². The highest BCUT2D eigenvalue weighted by molar-refractivity contribution is 6.71. The van der Waals surface area contributed by atoms with Crippen LogP contribution in [0.1, 0.15) is 206 Å². The Kier molecular flexibility index (Phi) is 38.3. The van der Waals surface area contributed by atoms with Crippen molar-refractivity contribution in [2.75, 3.05) is 13.2 Å². The minimum atomic E-state index is -2.18. The predicted molar refractivity (Wildman–Crippen MR) is 328 cm³/mol. The Morgan fingerprint density at radius 1 is 0.479 bits per heavy atom. The van der Waals surface area contributed by atoms with Crippen LogP contribution in [-0.4, -0.2) is 104 Å². The van der Waals surface area contributed by atoms with Crippen LogP contribution in [-0.2, 0) is 36.4 Å². The standard InChI is InChI=1S/C59H125NO8Si5/c1-18-20-22-24-26-28-30-32-33-34-35-37-39-41-43-45-47-49-55(61)60-52(53(65-70(6,7)8)48-46-44-42-40-38-36-31-29-27-25-23-21-19-2)50-62-59-58(68-73(15,16)17)57(67-72(12,13)14)56(66-71(9,10)11)54(64-59)51-63-69(3,4)5/h46,48,52-54,56-59H,18-45,47,49-51H2,1-17H3,(H,60,61)/b48-46-/t52-,53+,54-,56-,57+,58-,59-/m1/s1. The second-order valence-electron chi connectivity index (χ2n) is 26.9. The van der Waals surface area contributed by atoms with Gasteiger partial charge in [0.05, 0.1) is 25.4 Å². The van der Waals surface area contributed by atoms with E-state index in [1.807, 2.05) is 0 Å². The lowest BCUT2D eigenvalue weighted by Gasteiger charge is -2.51. The van der Waals surface area contributed by atoms with Crippen LogP contribution in [0.3, 0.4) is 0 Å². The van der Waals surface area contributed by atoms with Crippen molar-refractivity contribution in [2.45, 2.75) is 348 Å². The summed E-state index contributed by atoms with van der Waals surface area (Å²) in [7, 11) is -10.4. The molecule has 1 N–H and O–H groups in total. The van der Waals surface area contributed by atoms with Gasteiger partial charge in [-0.1, -0.05) is 193 Å². The molecule has 1 rings (SSSR count). The molecule has 7 atom stereocenters. The van der Waals surface area contributed by atoms with Crippen molar-refractivity contribution in [2.24, 2.45) is 0 Å². The first-order valence-electron chi connectivity index (χ1n) is 30.8. The molecule has 0 saturated carbocycles. The molecule has 0 aromatic heterocycles. The summed E-state index contributed by atoms with van der Waals surface area (Å²) in [5.41, 5.74) is 0. The summed E-state index contributed by atoms with van der Waals surface area (Å²) in [5.74, 6) is 0.0573. The van der Waals surface area contributed by atoms with Crippen LogP contribution in [0.4, 0.5) is 0 Å². The molecule has 1 aliphatic rings. The Morgan fingerprint density at radius 2 is 0.863 bits per heavy atom. The highest BCUT2D eigenvalue weighted by Crippen LogP contribution is 2.35. The maximum absolute atomic E-state index is 14.1. The summed E-state index contributed by atoms with van der Waals surface area (Å²) in [5, 5.41) is 3.47. The minimum Gasteiger partial charge on any atom is -0.415 e. The molecule has 0 bridgehead atoms. The lowest BCUT2D eigenvalue weighted by Crippen LogP contribution is -2.66. The van der Waals surface area contributed by atoms with Gasteiger partial charge in [-0.05, 0) is 117 Å². The fraction of sp³-hybridized carbons (Fsp3) is 0.949. The Morgan fingerprint density at radius 3 is 1.26 bits per heavy atom. The molecule has 434 valence electrons. The van der Waals surface area contributed by atoms with Crippen molar-refractivity contribution in [3.05, 3.63) is 12.2 Å². The number of ether oxygens (including phenoxy) is 2. The third-order valence-electron chi connectivity index (χ3n) is 13.2. The van der Waals surface area contributed by atoms with Crippen molar-refractivity contribution < 1.29 is 36.4 Å². The second kappa shape index (κ2) is 39.4. The second-order valence-corrected chi connectivity index (χ2v) is 49.3. The molecular weight excluding hydrogens is 991 g/mol. The van der Waals surface area contributed by atoms with E-state index in [-0.39, 0.29) is 24.7 Å². The van der Waals surface area contributed by atoms with E-state index in [1.165, 1.54) is 161 Å². The number of carbonyl (C=O) groups excluding carboxylic acids is 1. The molecular formula is C59H125NO8Si5.